The molecule has 4 nitrogen and oxygen atoms in total. The maximum Gasteiger partial charge on any atom is 0.137 e. The molecule has 0 fully saturated rings. The first-order chi connectivity index (χ1) is 9.74. The summed E-state index contributed by atoms with van der Waals surface area (Å²) in [6.45, 7) is 2.39. The highest BCUT2D eigenvalue weighted by Gasteiger charge is 2.08. The quantitative estimate of drug-likeness (QED) is 0.790. The number of hydrogen-bond donors (Lipinski definition) is 1. The van der Waals surface area contributed by atoms with Crippen LogP contribution in [0, 0.1) is 0 Å². The molecule has 0 amide bonds. The van der Waals surface area contributed by atoms with Crippen molar-refractivity contribution in [3.63, 3.8) is 0 Å². The third kappa shape index (κ3) is 2.51. The van der Waals surface area contributed by atoms with Crippen LogP contribution in [-0.4, -0.2) is 9.38 Å². The van der Waals surface area contributed by atoms with E-state index in [0.29, 0.717) is 6.61 Å². The second-order valence-corrected chi connectivity index (χ2v) is 4.81. The Kier molecular flexibility index (Phi) is 3.39. The molecule has 3 rings (SSSR count). The lowest BCUT2D eigenvalue weighted by molar-refractivity contribution is 0.297. The lowest BCUT2D eigenvalue weighted by Gasteiger charge is -2.12. The molecular formula is C16H17N3O. The number of ether oxygens (including phenoxy) is 1. The molecular weight excluding hydrogens is 250 g/mol. The van der Waals surface area contributed by atoms with Crippen LogP contribution < -0.4 is 10.5 Å². The van der Waals surface area contributed by atoms with E-state index in [1.165, 1.54) is 0 Å². The third-order valence-electron chi connectivity index (χ3n) is 3.20. The van der Waals surface area contributed by atoms with Crippen molar-refractivity contribution >= 4 is 5.65 Å². The maximum absolute atomic E-state index is 5.95. The van der Waals surface area contributed by atoms with Gasteiger partial charge in [-0.05, 0) is 25.1 Å². The lowest BCUT2D eigenvalue weighted by atomic mass is 10.1. The first-order valence-electron chi connectivity index (χ1n) is 6.64. The summed E-state index contributed by atoms with van der Waals surface area (Å²) in [7, 11) is 0. The smallest absolute Gasteiger partial charge is 0.137 e. The molecule has 2 heterocycles. The van der Waals surface area contributed by atoms with Crippen LogP contribution in [0.3, 0.4) is 0 Å². The fraction of sp³-hybridized carbons (Fsp3) is 0.188. The average molecular weight is 267 g/mol. The SMILES string of the molecule is CC(N)c1ccccc1OCc1cn2ccccc2n1. The van der Waals surface area contributed by atoms with Crippen molar-refractivity contribution in [1.29, 1.82) is 0 Å². The standard InChI is InChI=1S/C16H17N3O/c1-12(17)14-6-2-3-7-15(14)20-11-13-10-19-9-5-4-8-16(19)18-13/h2-10,12H,11,17H2,1H3. The molecule has 0 bridgehead atoms. The highest BCUT2D eigenvalue weighted by atomic mass is 16.5. The third-order valence-corrected chi connectivity index (χ3v) is 3.20. The van der Waals surface area contributed by atoms with Gasteiger partial charge in [-0.15, -0.1) is 0 Å². The van der Waals surface area contributed by atoms with Crippen LogP contribution >= 0.6 is 0 Å². The van der Waals surface area contributed by atoms with Gasteiger partial charge in [0.2, 0.25) is 0 Å². The number of aromatic nitrogens is 2. The lowest BCUT2D eigenvalue weighted by Crippen LogP contribution is -2.08. The van der Waals surface area contributed by atoms with Crippen molar-refractivity contribution in [2.45, 2.75) is 19.6 Å². The Balaban J connectivity index is 1.79. The number of nitrogens with zero attached hydrogens (tertiary/aromatic N) is 2. The minimum atomic E-state index is -0.0488. The van der Waals surface area contributed by atoms with Crippen LogP contribution in [0.1, 0.15) is 24.2 Å². The summed E-state index contributed by atoms with van der Waals surface area (Å²) in [5, 5.41) is 0. The molecule has 3 aromatic rings. The van der Waals surface area contributed by atoms with Crippen molar-refractivity contribution in [3.05, 3.63) is 66.1 Å². The number of pyridine rings is 1. The highest BCUT2D eigenvalue weighted by molar-refractivity contribution is 5.39. The van der Waals surface area contributed by atoms with Crippen molar-refractivity contribution in [3.8, 4) is 5.75 Å². The van der Waals surface area contributed by atoms with Crippen molar-refractivity contribution in [2.75, 3.05) is 0 Å². The molecule has 0 saturated carbocycles. The zero-order chi connectivity index (χ0) is 13.9. The average Bonchev–Trinajstić information content (AvgIpc) is 2.88. The van der Waals surface area contributed by atoms with Gasteiger partial charge in [0.1, 0.15) is 18.0 Å². The van der Waals surface area contributed by atoms with Crippen molar-refractivity contribution in [1.82, 2.24) is 9.38 Å². The van der Waals surface area contributed by atoms with E-state index in [1.54, 1.807) is 0 Å². The molecule has 1 unspecified atom stereocenters. The summed E-state index contributed by atoms with van der Waals surface area (Å²) in [5.74, 6) is 0.819. The van der Waals surface area contributed by atoms with Gasteiger partial charge in [-0.1, -0.05) is 24.3 Å². The summed E-state index contributed by atoms with van der Waals surface area (Å²) < 4.78 is 7.84. The summed E-state index contributed by atoms with van der Waals surface area (Å²) in [6, 6.07) is 13.7. The molecule has 0 aliphatic carbocycles. The predicted molar refractivity (Wildman–Crippen MR) is 78.6 cm³/mol. The van der Waals surface area contributed by atoms with E-state index in [1.807, 2.05) is 66.2 Å². The molecule has 2 N–H and O–H groups in total. The van der Waals surface area contributed by atoms with E-state index in [9.17, 15) is 0 Å². The zero-order valence-corrected chi connectivity index (χ0v) is 11.4. The Hall–Kier alpha value is -2.33. The Labute approximate surface area is 117 Å². The zero-order valence-electron chi connectivity index (χ0n) is 11.4. The second kappa shape index (κ2) is 5.35. The number of hydrogen-bond acceptors (Lipinski definition) is 3. The summed E-state index contributed by atoms with van der Waals surface area (Å²) in [6.07, 6.45) is 3.95. The van der Waals surface area contributed by atoms with Gasteiger partial charge >= 0.3 is 0 Å². The number of fused-ring (bicyclic) bond motifs is 1. The molecule has 0 aliphatic rings. The van der Waals surface area contributed by atoms with Crippen LogP contribution in [-0.2, 0) is 6.61 Å². The fourth-order valence-corrected chi connectivity index (χ4v) is 2.20. The summed E-state index contributed by atoms with van der Waals surface area (Å²) in [4.78, 5) is 4.51. The topological polar surface area (TPSA) is 52.5 Å². The van der Waals surface area contributed by atoms with Crippen molar-refractivity contribution in [2.24, 2.45) is 5.73 Å². The monoisotopic (exact) mass is 267 g/mol. The first kappa shape index (κ1) is 12.7. The van der Waals surface area contributed by atoms with E-state index in [2.05, 4.69) is 4.98 Å². The summed E-state index contributed by atoms with van der Waals surface area (Å²) in [5.41, 5.74) is 8.78. The maximum atomic E-state index is 5.95. The molecule has 1 aromatic carbocycles. The molecule has 2 aromatic heterocycles. The molecule has 0 saturated heterocycles. The number of imidazole rings is 1. The molecule has 1 atom stereocenters. The van der Waals surface area contributed by atoms with E-state index in [0.717, 1.165) is 22.7 Å². The van der Waals surface area contributed by atoms with Gasteiger partial charge in [0.25, 0.3) is 0 Å². The Morgan fingerprint density at radius 3 is 2.80 bits per heavy atom. The molecule has 0 spiro atoms. The number of benzene rings is 1. The van der Waals surface area contributed by atoms with Gasteiger partial charge in [0.05, 0.1) is 5.69 Å². The van der Waals surface area contributed by atoms with Gasteiger partial charge in [-0.25, -0.2) is 4.98 Å². The fourth-order valence-electron chi connectivity index (χ4n) is 2.20. The van der Waals surface area contributed by atoms with Gasteiger partial charge in [0.15, 0.2) is 0 Å². The number of rotatable bonds is 4. The molecule has 102 valence electrons. The molecule has 20 heavy (non-hydrogen) atoms. The molecule has 0 aliphatic heterocycles. The Morgan fingerprint density at radius 2 is 2.00 bits per heavy atom. The Bertz CT molecular complexity index is 685. The van der Waals surface area contributed by atoms with Gasteiger partial charge in [-0.2, -0.15) is 0 Å². The molecule has 0 radical (unpaired) electrons. The van der Waals surface area contributed by atoms with Gasteiger partial charge in [0, 0.05) is 24.0 Å². The summed E-state index contributed by atoms with van der Waals surface area (Å²) >= 11 is 0. The minimum absolute atomic E-state index is 0.0488. The van der Waals surface area contributed by atoms with E-state index in [4.69, 9.17) is 10.5 Å². The predicted octanol–water partition coefficient (Wildman–Crippen LogP) is 2.93. The van der Waals surface area contributed by atoms with Crippen LogP contribution in [0.5, 0.6) is 5.75 Å². The number of nitrogens with two attached hydrogens (primary N) is 1. The normalized spacial score (nSPS) is 12.5. The van der Waals surface area contributed by atoms with E-state index in [-0.39, 0.29) is 6.04 Å². The van der Waals surface area contributed by atoms with Crippen LogP contribution in [0.15, 0.2) is 54.9 Å². The van der Waals surface area contributed by atoms with Crippen LogP contribution in [0.2, 0.25) is 0 Å². The highest BCUT2D eigenvalue weighted by Crippen LogP contribution is 2.24. The van der Waals surface area contributed by atoms with Crippen LogP contribution in [0.25, 0.3) is 5.65 Å². The largest absolute Gasteiger partial charge is 0.487 e. The minimum Gasteiger partial charge on any atom is -0.487 e. The molecule has 4 heteroatoms. The van der Waals surface area contributed by atoms with Gasteiger partial charge < -0.3 is 14.9 Å². The van der Waals surface area contributed by atoms with Crippen LogP contribution in [0.4, 0.5) is 0 Å². The van der Waals surface area contributed by atoms with E-state index >= 15 is 0 Å². The van der Waals surface area contributed by atoms with Crippen molar-refractivity contribution < 1.29 is 4.74 Å². The number of para-hydroxylation sites is 1. The van der Waals surface area contributed by atoms with Gasteiger partial charge in [-0.3, -0.25) is 0 Å². The first-order valence-corrected chi connectivity index (χ1v) is 6.64. The van der Waals surface area contributed by atoms with E-state index < -0.39 is 0 Å². The second-order valence-electron chi connectivity index (χ2n) is 4.81. The Morgan fingerprint density at radius 1 is 1.20 bits per heavy atom.